The van der Waals surface area contributed by atoms with E-state index in [2.05, 4.69) is 15.5 Å². The number of benzene rings is 1. The van der Waals surface area contributed by atoms with Crippen molar-refractivity contribution in [2.45, 2.75) is 19.4 Å². The number of carbonyl (C=O) groups is 2. The van der Waals surface area contributed by atoms with Crippen molar-refractivity contribution in [3.05, 3.63) is 51.8 Å². The number of H-pyrrole nitrogens is 1. The largest absolute Gasteiger partial charge is 0.469 e. The number of hydrogen-bond donors (Lipinski definition) is 2. The molecule has 0 radical (unpaired) electrons. The summed E-state index contributed by atoms with van der Waals surface area (Å²) in [5, 5.41) is 12.5. The summed E-state index contributed by atoms with van der Waals surface area (Å²) < 4.78 is 4.73. The van der Waals surface area contributed by atoms with E-state index in [0.717, 1.165) is 21.3 Å². The van der Waals surface area contributed by atoms with Crippen LogP contribution in [-0.4, -0.2) is 29.2 Å². The number of hydrogen-bond acceptors (Lipinski definition) is 5. The third kappa shape index (κ3) is 3.30. The number of nitrogens with one attached hydrogen (secondary N) is 2. The van der Waals surface area contributed by atoms with Crippen LogP contribution in [0.15, 0.2) is 35.7 Å². The third-order valence-corrected chi connectivity index (χ3v) is 4.71. The molecule has 24 heavy (non-hydrogen) atoms. The van der Waals surface area contributed by atoms with Crippen molar-refractivity contribution in [1.29, 1.82) is 0 Å². The first-order valence-electron chi connectivity index (χ1n) is 7.44. The van der Waals surface area contributed by atoms with E-state index in [4.69, 9.17) is 4.74 Å². The fourth-order valence-corrected chi connectivity index (χ4v) is 3.27. The average molecular weight is 343 g/mol. The normalized spacial score (nSPS) is 12.1. The quantitative estimate of drug-likeness (QED) is 0.698. The molecule has 3 rings (SSSR count). The molecule has 0 aliphatic rings. The number of rotatable bonds is 5. The van der Waals surface area contributed by atoms with Gasteiger partial charge < -0.3 is 10.1 Å². The van der Waals surface area contributed by atoms with Crippen molar-refractivity contribution < 1.29 is 14.3 Å². The number of esters is 1. The summed E-state index contributed by atoms with van der Waals surface area (Å²) in [6.45, 7) is 1.96. The maximum atomic E-state index is 12.7. The number of nitrogens with zero attached hydrogens (tertiary/aromatic N) is 1. The van der Waals surface area contributed by atoms with Crippen LogP contribution in [-0.2, 0) is 9.53 Å². The number of aromatic nitrogens is 2. The van der Waals surface area contributed by atoms with Gasteiger partial charge in [-0.3, -0.25) is 14.7 Å². The highest BCUT2D eigenvalue weighted by atomic mass is 32.1. The summed E-state index contributed by atoms with van der Waals surface area (Å²) in [4.78, 5) is 25.2. The highest BCUT2D eigenvalue weighted by Crippen LogP contribution is 2.24. The van der Waals surface area contributed by atoms with Gasteiger partial charge in [-0.1, -0.05) is 17.7 Å². The second kappa shape index (κ2) is 6.84. The first-order chi connectivity index (χ1) is 11.6. The Hall–Kier alpha value is -2.67. The second-order valence-electron chi connectivity index (χ2n) is 5.44. The predicted octanol–water partition coefficient (Wildman–Crippen LogP) is 2.97. The molecule has 2 heterocycles. The molecule has 0 bridgehead atoms. The summed E-state index contributed by atoms with van der Waals surface area (Å²) in [6.07, 6.45) is 0.0735. The summed E-state index contributed by atoms with van der Waals surface area (Å²) in [5.74, 6) is -0.703. The molecule has 1 unspecified atom stereocenters. The Morgan fingerprint density at radius 2 is 2.21 bits per heavy atom. The topological polar surface area (TPSA) is 84.1 Å². The molecule has 1 aromatic carbocycles. The molecule has 2 aromatic heterocycles. The number of carbonyl (C=O) groups excluding carboxylic acids is 2. The maximum Gasteiger partial charge on any atom is 0.307 e. The third-order valence-electron chi connectivity index (χ3n) is 3.72. The van der Waals surface area contributed by atoms with E-state index in [1.165, 1.54) is 18.4 Å². The lowest BCUT2D eigenvalue weighted by Gasteiger charge is -2.15. The fourth-order valence-electron chi connectivity index (χ4n) is 2.49. The van der Waals surface area contributed by atoms with Gasteiger partial charge in [0.25, 0.3) is 5.91 Å². The first-order valence-corrected chi connectivity index (χ1v) is 8.32. The van der Waals surface area contributed by atoms with Crippen molar-refractivity contribution in [1.82, 2.24) is 15.5 Å². The van der Waals surface area contributed by atoms with E-state index >= 15 is 0 Å². The first kappa shape index (κ1) is 16.2. The maximum absolute atomic E-state index is 12.7. The van der Waals surface area contributed by atoms with Crippen molar-refractivity contribution in [2.75, 3.05) is 7.11 Å². The smallest absolute Gasteiger partial charge is 0.307 e. The molecule has 2 N–H and O–H groups in total. The second-order valence-corrected chi connectivity index (χ2v) is 6.42. The lowest BCUT2D eigenvalue weighted by atomic mass is 10.1. The lowest BCUT2D eigenvalue weighted by Crippen LogP contribution is -2.30. The summed E-state index contributed by atoms with van der Waals surface area (Å²) in [5.41, 5.74) is 2.16. The van der Waals surface area contributed by atoms with Crippen LogP contribution in [0.5, 0.6) is 0 Å². The number of amides is 1. The monoisotopic (exact) mass is 343 g/mol. The Morgan fingerprint density at radius 3 is 2.92 bits per heavy atom. The van der Waals surface area contributed by atoms with Crippen LogP contribution in [0.3, 0.4) is 0 Å². The molecule has 0 saturated heterocycles. The zero-order chi connectivity index (χ0) is 17.1. The number of aryl methyl sites for hydroxylation is 1. The number of methoxy groups -OCH3 is 1. The Labute approximate surface area is 142 Å². The van der Waals surface area contributed by atoms with Gasteiger partial charge in [0.2, 0.25) is 0 Å². The SMILES string of the molecule is COC(=O)CC(NC(=O)c1n[nH]c2ccc(C)cc12)c1cccs1. The van der Waals surface area contributed by atoms with Gasteiger partial charge in [0.05, 0.1) is 25.1 Å². The molecule has 6 nitrogen and oxygen atoms in total. The van der Waals surface area contributed by atoms with Gasteiger partial charge in [0.1, 0.15) is 0 Å². The standard InChI is InChI=1S/C17H17N3O3S/c1-10-5-6-12-11(8-10)16(20-19-12)17(22)18-13(9-15(21)23-2)14-4-3-7-24-14/h3-8,13H,9H2,1-2H3,(H,18,22)(H,19,20). The Morgan fingerprint density at radius 1 is 1.38 bits per heavy atom. The Kier molecular flexibility index (Phi) is 4.61. The van der Waals surface area contributed by atoms with Crippen molar-refractivity contribution in [3.8, 4) is 0 Å². The number of aromatic amines is 1. The molecular formula is C17H17N3O3S. The predicted molar refractivity (Wildman–Crippen MR) is 92.0 cm³/mol. The van der Waals surface area contributed by atoms with Gasteiger partial charge in [0.15, 0.2) is 5.69 Å². The van der Waals surface area contributed by atoms with Crippen molar-refractivity contribution in [3.63, 3.8) is 0 Å². The molecule has 0 aliphatic carbocycles. The average Bonchev–Trinajstić information content (AvgIpc) is 3.23. The lowest BCUT2D eigenvalue weighted by molar-refractivity contribution is -0.141. The van der Waals surface area contributed by atoms with Gasteiger partial charge in [-0.25, -0.2) is 0 Å². The summed E-state index contributed by atoms with van der Waals surface area (Å²) in [7, 11) is 1.33. The number of ether oxygens (including phenoxy) is 1. The number of fused-ring (bicyclic) bond motifs is 1. The minimum Gasteiger partial charge on any atom is -0.469 e. The van der Waals surface area contributed by atoms with Crippen LogP contribution in [0.4, 0.5) is 0 Å². The van der Waals surface area contributed by atoms with E-state index in [1.54, 1.807) is 0 Å². The molecule has 124 valence electrons. The summed E-state index contributed by atoms with van der Waals surface area (Å²) >= 11 is 1.48. The Bertz CT molecular complexity index is 870. The fraction of sp³-hybridized carbons (Fsp3) is 0.235. The van der Waals surface area contributed by atoms with Crippen LogP contribution in [0, 0.1) is 6.92 Å². The van der Waals surface area contributed by atoms with Gasteiger partial charge in [-0.2, -0.15) is 5.10 Å². The zero-order valence-corrected chi connectivity index (χ0v) is 14.1. The van der Waals surface area contributed by atoms with Crippen LogP contribution in [0.1, 0.15) is 33.4 Å². The van der Waals surface area contributed by atoms with E-state index in [-0.39, 0.29) is 18.3 Å². The van der Waals surface area contributed by atoms with Crippen molar-refractivity contribution >= 4 is 34.1 Å². The van der Waals surface area contributed by atoms with Crippen LogP contribution in [0.2, 0.25) is 0 Å². The molecule has 0 saturated carbocycles. The van der Waals surface area contributed by atoms with Crippen LogP contribution < -0.4 is 5.32 Å². The molecule has 1 amide bonds. The van der Waals surface area contributed by atoms with E-state index in [1.807, 2.05) is 42.6 Å². The van der Waals surface area contributed by atoms with Crippen molar-refractivity contribution in [2.24, 2.45) is 0 Å². The molecule has 3 aromatic rings. The minimum absolute atomic E-state index is 0.0735. The Balaban J connectivity index is 1.87. The van der Waals surface area contributed by atoms with Gasteiger partial charge in [-0.05, 0) is 30.5 Å². The summed E-state index contributed by atoms with van der Waals surface area (Å²) in [6, 6.07) is 9.07. The van der Waals surface area contributed by atoms with E-state index in [9.17, 15) is 9.59 Å². The minimum atomic E-state index is -0.443. The highest BCUT2D eigenvalue weighted by molar-refractivity contribution is 7.10. The van der Waals surface area contributed by atoms with E-state index < -0.39 is 6.04 Å². The van der Waals surface area contributed by atoms with Crippen LogP contribution >= 0.6 is 11.3 Å². The number of thiophene rings is 1. The van der Waals surface area contributed by atoms with Gasteiger partial charge in [-0.15, -0.1) is 11.3 Å². The van der Waals surface area contributed by atoms with Crippen LogP contribution in [0.25, 0.3) is 10.9 Å². The van der Waals surface area contributed by atoms with E-state index in [0.29, 0.717) is 5.69 Å². The molecule has 0 aliphatic heterocycles. The zero-order valence-electron chi connectivity index (χ0n) is 13.3. The molecule has 1 atom stereocenters. The van der Waals surface area contributed by atoms with Gasteiger partial charge in [0, 0.05) is 10.3 Å². The van der Waals surface area contributed by atoms with Gasteiger partial charge >= 0.3 is 5.97 Å². The highest BCUT2D eigenvalue weighted by Gasteiger charge is 2.23. The molecule has 7 heteroatoms. The molecule has 0 fully saturated rings. The molecular weight excluding hydrogens is 326 g/mol. The molecule has 0 spiro atoms.